The zero-order chi connectivity index (χ0) is 27.9. The Hall–Kier alpha value is -4.95. The van der Waals surface area contributed by atoms with Gasteiger partial charge in [0.2, 0.25) is 0 Å². The molecule has 4 aromatic heterocycles. The molecule has 1 aliphatic rings. The van der Waals surface area contributed by atoms with Crippen LogP contribution in [-0.2, 0) is 0 Å². The number of hydrogen-bond acceptors (Lipinski definition) is 6. The van der Waals surface area contributed by atoms with Crippen LogP contribution in [0.4, 0.5) is 0 Å². The van der Waals surface area contributed by atoms with Crippen LogP contribution in [-0.4, -0.2) is 73.5 Å². The van der Waals surface area contributed by atoms with Crippen molar-refractivity contribution in [1.29, 1.82) is 0 Å². The van der Waals surface area contributed by atoms with Crippen molar-refractivity contribution in [3.05, 3.63) is 103 Å². The van der Waals surface area contributed by atoms with E-state index in [4.69, 9.17) is 10.1 Å². The number of likely N-dealkylation sites (N-methyl/N-ethyl adjacent to an activating group) is 1. The second kappa shape index (κ2) is 10.2. The standard InChI is InChI=1S/C33H29N7O/c1-22-29(24-3-5-25(6-4-24)33(41)39-17-15-38(2)16-18-39)20-32-36-21-31(40(32)37-22)28-11-14-35-30-19-26(7-8-27(28)30)23-9-12-34-13-10-23/h3-14,19-21H,15-18H2,1-2H3. The molecule has 1 fully saturated rings. The Balaban J connectivity index is 1.20. The van der Waals surface area contributed by atoms with E-state index in [0.717, 1.165) is 81.9 Å². The van der Waals surface area contributed by atoms with Crippen LogP contribution >= 0.6 is 0 Å². The number of rotatable bonds is 4. The smallest absolute Gasteiger partial charge is 0.253 e. The number of fused-ring (bicyclic) bond motifs is 2. The van der Waals surface area contributed by atoms with Crippen LogP contribution in [0.5, 0.6) is 0 Å². The monoisotopic (exact) mass is 539 g/mol. The molecule has 0 bridgehead atoms. The summed E-state index contributed by atoms with van der Waals surface area (Å²) in [6.07, 6.45) is 7.30. The van der Waals surface area contributed by atoms with Crippen molar-refractivity contribution in [2.24, 2.45) is 0 Å². The summed E-state index contributed by atoms with van der Waals surface area (Å²) >= 11 is 0. The van der Waals surface area contributed by atoms with Gasteiger partial charge in [-0.25, -0.2) is 9.50 Å². The lowest BCUT2D eigenvalue weighted by atomic mass is 10.0. The molecule has 1 aliphatic heterocycles. The van der Waals surface area contributed by atoms with Gasteiger partial charge in [-0.2, -0.15) is 5.10 Å². The number of amides is 1. The average Bonchev–Trinajstić information content (AvgIpc) is 3.43. The highest BCUT2D eigenvalue weighted by molar-refractivity contribution is 5.96. The molecule has 5 heterocycles. The first kappa shape index (κ1) is 25.0. The van der Waals surface area contributed by atoms with Crippen molar-refractivity contribution in [2.45, 2.75) is 6.92 Å². The number of imidazole rings is 1. The minimum atomic E-state index is 0.0883. The third-order valence-corrected chi connectivity index (χ3v) is 7.94. The molecule has 2 aromatic carbocycles. The number of pyridine rings is 2. The SMILES string of the molecule is Cc1nn2c(-c3ccnc4cc(-c5ccncc5)ccc34)cnc2cc1-c1ccc(C(=O)N2CCN(C)CC2)cc1. The van der Waals surface area contributed by atoms with Gasteiger partial charge in [0.1, 0.15) is 0 Å². The zero-order valence-corrected chi connectivity index (χ0v) is 23.0. The summed E-state index contributed by atoms with van der Waals surface area (Å²) in [6.45, 7) is 5.34. The third kappa shape index (κ3) is 4.62. The van der Waals surface area contributed by atoms with Crippen LogP contribution in [0.2, 0.25) is 0 Å². The fraction of sp³-hybridized carbons (Fsp3) is 0.182. The summed E-state index contributed by atoms with van der Waals surface area (Å²) in [6, 6.07) is 22.2. The summed E-state index contributed by atoms with van der Waals surface area (Å²) in [5.41, 5.74) is 9.40. The van der Waals surface area contributed by atoms with Crippen molar-refractivity contribution < 1.29 is 4.79 Å². The molecule has 6 aromatic rings. The van der Waals surface area contributed by atoms with E-state index in [1.54, 1.807) is 12.4 Å². The summed E-state index contributed by atoms with van der Waals surface area (Å²) in [7, 11) is 2.09. The van der Waals surface area contributed by atoms with Crippen molar-refractivity contribution >= 4 is 22.5 Å². The van der Waals surface area contributed by atoms with Gasteiger partial charge in [-0.3, -0.25) is 14.8 Å². The Morgan fingerprint density at radius 1 is 0.756 bits per heavy atom. The fourth-order valence-electron chi connectivity index (χ4n) is 5.56. The quantitative estimate of drug-likeness (QED) is 0.300. The van der Waals surface area contributed by atoms with Crippen LogP contribution < -0.4 is 0 Å². The second-order valence-electron chi connectivity index (χ2n) is 10.6. The minimum absolute atomic E-state index is 0.0883. The molecule has 8 nitrogen and oxygen atoms in total. The lowest BCUT2D eigenvalue weighted by Crippen LogP contribution is -2.47. The van der Waals surface area contributed by atoms with E-state index in [0.29, 0.717) is 5.56 Å². The number of carbonyl (C=O) groups excluding carboxylic acids is 1. The number of nitrogens with zero attached hydrogens (tertiary/aromatic N) is 7. The van der Waals surface area contributed by atoms with E-state index < -0.39 is 0 Å². The van der Waals surface area contributed by atoms with E-state index in [2.05, 4.69) is 46.2 Å². The first-order valence-electron chi connectivity index (χ1n) is 13.8. The molecule has 202 valence electrons. The van der Waals surface area contributed by atoms with Crippen LogP contribution in [0, 0.1) is 6.92 Å². The van der Waals surface area contributed by atoms with Crippen molar-refractivity contribution in [3.8, 4) is 33.5 Å². The van der Waals surface area contributed by atoms with Gasteiger partial charge < -0.3 is 9.80 Å². The van der Waals surface area contributed by atoms with Crippen LogP contribution in [0.1, 0.15) is 16.1 Å². The zero-order valence-electron chi connectivity index (χ0n) is 23.0. The number of carbonyl (C=O) groups is 1. The average molecular weight is 540 g/mol. The lowest BCUT2D eigenvalue weighted by Gasteiger charge is -2.32. The maximum absolute atomic E-state index is 13.0. The van der Waals surface area contributed by atoms with Gasteiger partial charge in [-0.1, -0.05) is 24.3 Å². The van der Waals surface area contributed by atoms with Crippen molar-refractivity contribution in [3.63, 3.8) is 0 Å². The molecule has 1 saturated heterocycles. The van der Waals surface area contributed by atoms with E-state index in [9.17, 15) is 4.79 Å². The highest BCUT2D eigenvalue weighted by Gasteiger charge is 2.21. The Kier molecular flexibility index (Phi) is 6.24. The number of aryl methyl sites for hydroxylation is 1. The van der Waals surface area contributed by atoms with Crippen LogP contribution in [0.3, 0.4) is 0 Å². The number of hydrogen-bond donors (Lipinski definition) is 0. The van der Waals surface area contributed by atoms with Crippen molar-refractivity contribution in [2.75, 3.05) is 33.2 Å². The molecule has 0 spiro atoms. The van der Waals surface area contributed by atoms with Gasteiger partial charge >= 0.3 is 0 Å². The molecular weight excluding hydrogens is 510 g/mol. The maximum Gasteiger partial charge on any atom is 0.253 e. The number of piperazine rings is 1. The predicted octanol–water partition coefficient (Wildman–Crippen LogP) is 5.37. The summed E-state index contributed by atoms with van der Waals surface area (Å²) < 4.78 is 1.90. The molecule has 0 unspecified atom stereocenters. The molecule has 7 rings (SSSR count). The molecule has 41 heavy (non-hydrogen) atoms. The second-order valence-corrected chi connectivity index (χ2v) is 10.6. The Morgan fingerprint density at radius 2 is 1.51 bits per heavy atom. The van der Waals surface area contributed by atoms with Gasteiger partial charge in [-0.15, -0.1) is 0 Å². The molecule has 0 saturated carbocycles. The summed E-state index contributed by atoms with van der Waals surface area (Å²) in [5.74, 6) is 0.0883. The first-order chi connectivity index (χ1) is 20.0. The Morgan fingerprint density at radius 3 is 2.29 bits per heavy atom. The van der Waals surface area contributed by atoms with Gasteiger partial charge in [0.15, 0.2) is 5.65 Å². The van der Waals surface area contributed by atoms with Gasteiger partial charge in [0, 0.05) is 66.8 Å². The van der Waals surface area contributed by atoms with Crippen LogP contribution in [0.15, 0.2) is 91.5 Å². The summed E-state index contributed by atoms with van der Waals surface area (Å²) in [5, 5.41) is 5.98. The number of benzene rings is 2. The fourth-order valence-corrected chi connectivity index (χ4v) is 5.56. The largest absolute Gasteiger partial charge is 0.336 e. The molecule has 0 atom stereocenters. The normalized spacial score (nSPS) is 14.1. The third-order valence-electron chi connectivity index (χ3n) is 7.94. The highest BCUT2D eigenvalue weighted by Crippen LogP contribution is 2.32. The van der Waals surface area contributed by atoms with E-state index >= 15 is 0 Å². The lowest BCUT2D eigenvalue weighted by molar-refractivity contribution is 0.0664. The van der Waals surface area contributed by atoms with E-state index in [-0.39, 0.29) is 5.91 Å². The highest BCUT2D eigenvalue weighted by atomic mass is 16.2. The molecule has 1 amide bonds. The summed E-state index contributed by atoms with van der Waals surface area (Å²) in [4.78, 5) is 30.7. The molecule has 0 radical (unpaired) electrons. The van der Waals surface area contributed by atoms with Gasteiger partial charge in [0.25, 0.3) is 5.91 Å². The minimum Gasteiger partial charge on any atom is -0.336 e. The topological polar surface area (TPSA) is 79.5 Å². The van der Waals surface area contributed by atoms with Gasteiger partial charge in [-0.05, 0) is 73.1 Å². The van der Waals surface area contributed by atoms with Crippen molar-refractivity contribution in [1.82, 2.24) is 34.4 Å². The van der Waals surface area contributed by atoms with Crippen LogP contribution in [0.25, 0.3) is 50.1 Å². The number of aromatic nitrogens is 5. The van der Waals surface area contributed by atoms with Gasteiger partial charge in [0.05, 0.1) is 23.1 Å². The molecule has 8 heteroatoms. The Labute approximate surface area is 237 Å². The predicted molar refractivity (Wildman–Crippen MR) is 161 cm³/mol. The maximum atomic E-state index is 13.0. The van der Waals surface area contributed by atoms with E-state index in [1.165, 1.54) is 0 Å². The molecular formula is C33H29N7O. The first-order valence-corrected chi connectivity index (χ1v) is 13.8. The molecule has 0 aliphatic carbocycles. The Bertz CT molecular complexity index is 1890. The molecule has 0 N–H and O–H groups in total. The van der Waals surface area contributed by atoms with E-state index in [1.807, 2.05) is 71.2 Å².